The zero-order valence-electron chi connectivity index (χ0n) is 7.85. The number of nitrogens with two attached hydrogens (primary N) is 1. The standard InChI is InChI=1S/C8H6ClN5O2/c9-4-1-2-11-3-5(4)12-8(15)6-7(10)14-16-13-6/h1-3H,(H2,10,14)(H,12,15). The molecule has 2 aromatic heterocycles. The van der Waals surface area contributed by atoms with Crippen LogP contribution in [0.5, 0.6) is 0 Å². The maximum absolute atomic E-state index is 11.6. The number of nitrogens with one attached hydrogen (secondary N) is 1. The van der Waals surface area contributed by atoms with Gasteiger partial charge in [-0.15, -0.1) is 0 Å². The Balaban J connectivity index is 2.21. The highest BCUT2D eigenvalue weighted by Crippen LogP contribution is 2.20. The summed E-state index contributed by atoms with van der Waals surface area (Å²) in [6.45, 7) is 0. The molecular weight excluding hydrogens is 234 g/mol. The predicted molar refractivity (Wildman–Crippen MR) is 55.9 cm³/mol. The van der Waals surface area contributed by atoms with E-state index in [4.69, 9.17) is 17.3 Å². The Hall–Kier alpha value is -2.15. The second kappa shape index (κ2) is 4.15. The first-order valence-corrected chi connectivity index (χ1v) is 4.55. The lowest BCUT2D eigenvalue weighted by atomic mass is 10.3. The van der Waals surface area contributed by atoms with Crippen molar-refractivity contribution in [2.24, 2.45) is 0 Å². The third-order valence-corrected chi connectivity index (χ3v) is 2.07. The summed E-state index contributed by atoms with van der Waals surface area (Å²) in [5.74, 6) is -0.647. The highest BCUT2D eigenvalue weighted by molar-refractivity contribution is 6.33. The van der Waals surface area contributed by atoms with Crippen molar-refractivity contribution in [1.29, 1.82) is 0 Å². The highest BCUT2D eigenvalue weighted by Gasteiger charge is 2.16. The monoisotopic (exact) mass is 239 g/mol. The molecule has 0 aliphatic carbocycles. The molecule has 0 aliphatic rings. The quantitative estimate of drug-likeness (QED) is 0.808. The zero-order chi connectivity index (χ0) is 11.5. The first-order valence-electron chi connectivity index (χ1n) is 4.17. The summed E-state index contributed by atoms with van der Waals surface area (Å²) in [5.41, 5.74) is 5.62. The fourth-order valence-corrected chi connectivity index (χ4v) is 1.16. The highest BCUT2D eigenvalue weighted by atomic mass is 35.5. The van der Waals surface area contributed by atoms with Crippen LogP contribution in [0, 0.1) is 0 Å². The van der Waals surface area contributed by atoms with E-state index in [2.05, 4.69) is 25.2 Å². The van der Waals surface area contributed by atoms with Gasteiger partial charge in [0, 0.05) is 6.20 Å². The summed E-state index contributed by atoms with van der Waals surface area (Å²) in [6, 6.07) is 1.54. The molecule has 2 heterocycles. The molecule has 82 valence electrons. The van der Waals surface area contributed by atoms with Gasteiger partial charge >= 0.3 is 0 Å². The number of anilines is 2. The Morgan fingerprint density at radius 1 is 1.50 bits per heavy atom. The van der Waals surface area contributed by atoms with Crippen LogP contribution in [-0.4, -0.2) is 21.2 Å². The molecule has 8 heteroatoms. The average molecular weight is 240 g/mol. The number of aromatic nitrogens is 3. The van der Waals surface area contributed by atoms with Gasteiger partial charge in [0.25, 0.3) is 5.91 Å². The number of nitrogen functional groups attached to an aromatic ring is 1. The van der Waals surface area contributed by atoms with E-state index in [1.807, 2.05) is 0 Å². The number of hydrogen-bond acceptors (Lipinski definition) is 6. The minimum absolute atomic E-state index is 0.0856. The van der Waals surface area contributed by atoms with E-state index in [1.54, 1.807) is 6.07 Å². The Bertz CT molecular complexity index is 527. The lowest BCUT2D eigenvalue weighted by Gasteiger charge is -2.03. The van der Waals surface area contributed by atoms with Gasteiger partial charge in [0.2, 0.25) is 11.5 Å². The van der Waals surface area contributed by atoms with Crippen LogP contribution in [0.3, 0.4) is 0 Å². The van der Waals surface area contributed by atoms with Gasteiger partial charge in [0.1, 0.15) is 0 Å². The minimum Gasteiger partial charge on any atom is -0.379 e. The van der Waals surface area contributed by atoms with E-state index in [0.29, 0.717) is 10.7 Å². The number of carbonyl (C=O) groups is 1. The average Bonchev–Trinajstić information content (AvgIpc) is 2.68. The molecule has 0 bridgehead atoms. The first-order chi connectivity index (χ1) is 7.68. The molecule has 0 fully saturated rings. The molecule has 2 rings (SSSR count). The number of nitrogens with zero attached hydrogens (tertiary/aromatic N) is 3. The third-order valence-electron chi connectivity index (χ3n) is 1.75. The lowest BCUT2D eigenvalue weighted by molar-refractivity contribution is 0.101. The normalized spacial score (nSPS) is 10.1. The number of halogens is 1. The molecule has 0 saturated heterocycles. The largest absolute Gasteiger partial charge is 0.379 e. The molecule has 0 atom stereocenters. The summed E-state index contributed by atoms with van der Waals surface area (Å²) < 4.78 is 4.30. The number of hydrogen-bond donors (Lipinski definition) is 2. The van der Waals surface area contributed by atoms with Crippen molar-refractivity contribution >= 4 is 29.0 Å². The molecule has 16 heavy (non-hydrogen) atoms. The summed E-state index contributed by atoms with van der Waals surface area (Å²) in [4.78, 5) is 15.4. The molecule has 0 aliphatic heterocycles. The number of rotatable bonds is 2. The Morgan fingerprint density at radius 2 is 2.31 bits per heavy atom. The molecule has 7 nitrogen and oxygen atoms in total. The predicted octanol–water partition coefficient (Wildman–Crippen LogP) is 0.952. The van der Waals surface area contributed by atoms with Crippen molar-refractivity contribution in [3.8, 4) is 0 Å². The van der Waals surface area contributed by atoms with Crippen LogP contribution in [0.4, 0.5) is 11.5 Å². The maximum Gasteiger partial charge on any atom is 0.281 e. The van der Waals surface area contributed by atoms with Gasteiger partial charge in [0.15, 0.2) is 0 Å². The maximum atomic E-state index is 11.6. The van der Waals surface area contributed by atoms with Crippen LogP contribution in [0.1, 0.15) is 10.5 Å². The Labute approximate surface area is 94.6 Å². The second-order valence-electron chi connectivity index (χ2n) is 2.81. The van der Waals surface area contributed by atoms with Crippen LogP contribution in [0.15, 0.2) is 23.1 Å². The second-order valence-corrected chi connectivity index (χ2v) is 3.21. The van der Waals surface area contributed by atoms with Gasteiger partial charge in [-0.1, -0.05) is 11.6 Å². The van der Waals surface area contributed by atoms with Crippen molar-refractivity contribution < 1.29 is 9.42 Å². The van der Waals surface area contributed by atoms with Crippen LogP contribution in [-0.2, 0) is 0 Å². The molecule has 0 aromatic carbocycles. The van der Waals surface area contributed by atoms with Gasteiger partial charge in [-0.05, 0) is 16.4 Å². The van der Waals surface area contributed by atoms with Crippen LogP contribution >= 0.6 is 11.6 Å². The fraction of sp³-hybridized carbons (Fsp3) is 0. The topological polar surface area (TPSA) is 107 Å². The van der Waals surface area contributed by atoms with Gasteiger partial charge in [-0.2, -0.15) is 0 Å². The smallest absolute Gasteiger partial charge is 0.281 e. The molecule has 2 aromatic rings. The van der Waals surface area contributed by atoms with E-state index in [0.717, 1.165) is 0 Å². The molecule has 0 unspecified atom stereocenters. The summed E-state index contributed by atoms with van der Waals surface area (Å²) >= 11 is 5.82. The third kappa shape index (κ3) is 1.94. The fourth-order valence-electron chi connectivity index (χ4n) is 1.00. The van der Waals surface area contributed by atoms with Gasteiger partial charge in [0.05, 0.1) is 16.9 Å². The Morgan fingerprint density at radius 3 is 2.94 bits per heavy atom. The number of amides is 1. The van der Waals surface area contributed by atoms with Crippen LogP contribution in [0.2, 0.25) is 5.02 Å². The van der Waals surface area contributed by atoms with Gasteiger partial charge < -0.3 is 11.1 Å². The van der Waals surface area contributed by atoms with Crippen LogP contribution < -0.4 is 11.1 Å². The van der Waals surface area contributed by atoms with E-state index in [1.165, 1.54) is 12.4 Å². The molecule has 1 amide bonds. The molecule has 0 radical (unpaired) electrons. The van der Waals surface area contributed by atoms with E-state index >= 15 is 0 Å². The zero-order valence-corrected chi connectivity index (χ0v) is 8.60. The van der Waals surface area contributed by atoms with Gasteiger partial charge in [-0.3, -0.25) is 9.78 Å². The lowest BCUT2D eigenvalue weighted by Crippen LogP contribution is -2.14. The molecule has 3 N–H and O–H groups in total. The Kier molecular flexibility index (Phi) is 2.69. The van der Waals surface area contributed by atoms with Crippen LogP contribution in [0.25, 0.3) is 0 Å². The molecule has 0 saturated carbocycles. The van der Waals surface area contributed by atoms with Crippen molar-refractivity contribution in [2.45, 2.75) is 0 Å². The number of pyridine rings is 1. The molecule has 0 spiro atoms. The van der Waals surface area contributed by atoms with Crippen molar-refractivity contribution in [1.82, 2.24) is 15.3 Å². The summed E-state index contributed by atoms with van der Waals surface area (Å²) in [5, 5.41) is 9.48. The number of carbonyl (C=O) groups excluding carboxylic acids is 1. The van der Waals surface area contributed by atoms with E-state index < -0.39 is 5.91 Å². The van der Waals surface area contributed by atoms with Crippen molar-refractivity contribution in [3.05, 3.63) is 29.2 Å². The van der Waals surface area contributed by atoms with Crippen molar-refractivity contribution in [2.75, 3.05) is 11.1 Å². The minimum atomic E-state index is -0.561. The first kappa shape index (κ1) is 10.4. The SMILES string of the molecule is Nc1nonc1C(=O)Nc1cnccc1Cl. The van der Waals surface area contributed by atoms with E-state index in [9.17, 15) is 4.79 Å². The summed E-state index contributed by atoms with van der Waals surface area (Å²) in [7, 11) is 0. The molecular formula is C8H6ClN5O2. The van der Waals surface area contributed by atoms with E-state index in [-0.39, 0.29) is 11.5 Å². The van der Waals surface area contributed by atoms with Gasteiger partial charge in [-0.25, -0.2) is 4.63 Å². The van der Waals surface area contributed by atoms with Crippen molar-refractivity contribution in [3.63, 3.8) is 0 Å². The summed E-state index contributed by atoms with van der Waals surface area (Å²) in [6.07, 6.45) is 2.91.